The summed E-state index contributed by atoms with van der Waals surface area (Å²) in [6.45, 7) is 0. The van der Waals surface area contributed by atoms with Crippen LogP contribution in [0.2, 0.25) is 0 Å². The largest absolute Gasteiger partial charge is 0.399 e. The first-order valence-electron chi connectivity index (χ1n) is 9.70. The lowest BCUT2D eigenvalue weighted by atomic mass is 9.80. The monoisotopic (exact) mass is 413 g/mol. The average Bonchev–Trinajstić information content (AvgIpc) is 2.75. The Morgan fingerprint density at radius 3 is 0.935 bits per heavy atom. The number of hydrogen-bond donors (Lipinski definition) is 6. The fourth-order valence-electron chi connectivity index (χ4n) is 3.23. The Labute approximate surface area is 181 Å². The predicted octanol–water partition coefficient (Wildman–Crippen LogP) is 3.57. The van der Waals surface area contributed by atoms with E-state index in [1.54, 1.807) is 54.6 Å². The highest BCUT2D eigenvalue weighted by molar-refractivity contribution is 5.54. The van der Waals surface area contributed by atoms with Crippen molar-refractivity contribution < 1.29 is 5.11 Å². The first-order chi connectivity index (χ1) is 14.8. The summed E-state index contributed by atoms with van der Waals surface area (Å²) in [5.41, 5.74) is 32.3. The molecule has 0 fully saturated rings. The van der Waals surface area contributed by atoms with E-state index in [9.17, 15) is 5.11 Å². The lowest BCUT2D eigenvalue weighted by Crippen LogP contribution is -2.28. The molecule has 0 amide bonds. The third-order valence-corrected chi connectivity index (χ3v) is 4.90. The van der Waals surface area contributed by atoms with Gasteiger partial charge in [-0.15, -0.1) is 0 Å². The maximum absolute atomic E-state index is 11.6. The van der Waals surface area contributed by atoms with E-state index in [0.29, 0.717) is 28.4 Å². The molecule has 31 heavy (non-hydrogen) atoms. The lowest BCUT2D eigenvalue weighted by Gasteiger charge is -2.30. The molecule has 0 radical (unpaired) electrons. The smallest absolute Gasteiger partial charge is 0.140 e. The number of nitrogen functional groups attached to an aromatic ring is 5. The summed E-state index contributed by atoms with van der Waals surface area (Å²) < 4.78 is 0. The van der Waals surface area contributed by atoms with Gasteiger partial charge >= 0.3 is 0 Å². The highest BCUT2D eigenvalue weighted by Crippen LogP contribution is 2.37. The van der Waals surface area contributed by atoms with E-state index in [1.807, 2.05) is 42.5 Å². The fraction of sp³-hybridized carbons (Fsp3) is 0.0400. The average molecular weight is 414 g/mol. The van der Waals surface area contributed by atoms with Crippen LogP contribution in [0.3, 0.4) is 0 Å². The van der Waals surface area contributed by atoms with Gasteiger partial charge in [0.15, 0.2) is 0 Å². The number of nitrogens with two attached hydrogens (primary N) is 5. The van der Waals surface area contributed by atoms with E-state index in [4.69, 9.17) is 28.7 Å². The van der Waals surface area contributed by atoms with Crippen LogP contribution in [0.1, 0.15) is 16.7 Å². The molecule has 0 unspecified atom stereocenters. The van der Waals surface area contributed by atoms with E-state index in [-0.39, 0.29) is 0 Å². The molecule has 0 aliphatic heterocycles. The third-order valence-electron chi connectivity index (χ3n) is 4.90. The van der Waals surface area contributed by atoms with Gasteiger partial charge in [-0.05, 0) is 71.3 Å². The van der Waals surface area contributed by atoms with Crippen molar-refractivity contribution >= 4 is 28.4 Å². The second-order valence-corrected chi connectivity index (χ2v) is 7.25. The van der Waals surface area contributed by atoms with Crippen molar-refractivity contribution in [3.05, 3.63) is 114 Å². The SMILES string of the molecule is Nc1ccc(C(O)(c2ccc(N)cc2)c2ccc(N)cc2)cc1.Nc1cccc(N)c1. The minimum absolute atomic E-state index is 0.644. The van der Waals surface area contributed by atoms with Crippen LogP contribution in [0.4, 0.5) is 28.4 Å². The van der Waals surface area contributed by atoms with Crippen LogP contribution in [0.5, 0.6) is 0 Å². The van der Waals surface area contributed by atoms with Crippen molar-refractivity contribution in [3.63, 3.8) is 0 Å². The van der Waals surface area contributed by atoms with Crippen LogP contribution in [-0.4, -0.2) is 5.11 Å². The van der Waals surface area contributed by atoms with Crippen LogP contribution < -0.4 is 28.7 Å². The number of aliphatic hydroxyl groups is 1. The molecular formula is C25H27N5O. The zero-order valence-electron chi connectivity index (χ0n) is 17.1. The second-order valence-electron chi connectivity index (χ2n) is 7.25. The molecular weight excluding hydrogens is 386 g/mol. The van der Waals surface area contributed by atoms with E-state index < -0.39 is 5.60 Å². The van der Waals surface area contributed by atoms with Crippen LogP contribution in [0.15, 0.2) is 97.1 Å². The van der Waals surface area contributed by atoms with Crippen molar-refractivity contribution in [2.45, 2.75) is 5.60 Å². The van der Waals surface area contributed by atoms with E-state index in [1.165, 1.54) is 0 Å². The number of benzene rings is 4. The quantitative estimate of drug-likeness (QED) is 0.223. The summed E-state index contributed by atoms with van der Waals surface area (Å²) in [6, 6.07) is 28.7. The molecule has 0 saturated heterocycles. The summed E-state index contributed by atoms with van der Waals surface area (Å²) in [6.07, 6.45) is 0. The Morgan fingerprint density at radius 2 is 0.710 bits per heavy atom. The van der Waals surface area contributed by atoms with Gasteiger partial charge in [-0.1, -0.05) is 42.5 Å². The van der Waals surface area contributed by atoms with Gasteiger partial charge in [-0.2, -0.15) is 0 Å². The van der Waals surface area contributed by atoms with Gasteiger partial charge in [-0.25, -0.2) is 0 Å². The topological polar surface area (TPSA) is 150 Å². The number of rotatable bonds is 3. The molecule has 6 nitrogen and oxygen atoms in total. The van der Waals surface area contributed by atoms with Crippen molar-refractivity contribution in [3.8, 4) is 0 Å². The molecule has 0 aliphatic carbocycles. The van der Waals surface area contributed by atoms with Crippen molar-refractivity contribution in [1.82, 2.24) is 0 Å². The van der Waals surface area contributed by atoms with Crippen LogP contribution in [0, 0.1) is 0 Å². The molecule has 0 atom stereocenters. The Morgan fingerprint density at radius 1 is 0.419 bits per heavy atom. The van der Waals surface area contributed by atoms with Gasteiger partial charge in [0.25, 0.3) is 0 Å². The maximum Gasteiger partial charge on any atom is 0.140 e. The lowest BCUT2D eigenvalue weighted by molar-refractivity contribution is 0.126. The second kappa shape index (κ2) is 9.11. The molecule has 0 saturated carbocycles. The molecule has 6 heteroatoms. The van der Waals surface area contributed by atoms with Gasteiger partial charge < -0.3 is 33.8 Å². The molecule has 4 aromatic carbocycles. The zero-order valence-corrected chi connectivity index (χ0v) is 17.1. The molecule has 0 bridgehead atoms. The standard InChI is InChI=1S/C19H19N3O.C6H8N2/c20-16-7-1-13(2-8-16)19(23,14-3-9-17(21)10-4-14)15-5-11-18(22)12-6-15;7-5-2-1-3-6(8)4-5/h1-12,23H,20-22H2;1-4H,7-8H2. The highest BCUT2D eigenvalue weighted by atomic mass is 16.3. The minimum atomic E-state index is -1.31. The van der Waals surface area contributed by atoms with Crippen LogP contribution in [-0.2, 0) is 5.60 Å². The summed E-state index contributed by atoms with van der Waals surface area (Å²) in [5, 5.41) is 11.6. The normalized spacial score (nSPS) is 10.7. The first-order valence-corrected chi connectivity index (χ1v) is 9.70. The number of hydrogen-bond acceptors (Lipinski definition) is 6. The van der Waals surface area contributed by atoms with Gasteiger partial charge in [-0.3, -0.25) is 0 Å². The molecule has 4 aromatic rings. The first kappa shape index (κ1) is 21.5. The van der Waals surface area contributed by atoms with Crippen LogP contribution >= 0.6 is 0 Å². The number of anilines is 5. The Bertz CT molecular complexity index is 996. The van der Waals surface area contributed by atoms with Crippen LogP contribution in [0.25, 0.3) is 0 Å². The zero-order chi connectivity index (χ0) is 22.4. The van der Waals surface area contributed by atoms with E-state index in [2.05, 4.69) is 0 Å². The molecule has 0 aliphatic rings. The van der Waals surface area contributed by atoms with Gasteiger partial charge in [0.1, 0.15) is 5.60 Å². The minimum Gasteiger partial charge on any atom is -0.399 e. The van der Waals surface area contributed by atoms with Gasteiger partial charge in [0.2, 0.25) is 0 Å². The van der Waals surface area contributed by atoms with Gasteiger partial charge in [0.05, 0.1) is 0 Å². The van der Waals surface area contributed by atoms with E-state index in [0.717, 1.165) is 16.7 Å². The molecule has 11 N–H and O–H groups in total. The van der Waals surface area contributed by atoms with E-state index >= 15 is 0 Å². The summed E-state index contributed by atoms with van der Waals surface area (Å²) in [7, 11) is 0. The van der Waals surface area contributed by atoms with Crippen molar-refractivity contribution in [2.24, 2.45) is 0 Å². The summed E-state index contributed by atoms with van der Waals surface area (Å²) in [4.78, 5) is 0. The van der Waals surface area contributed by atoms with Crippen molar-refractivity contribution in [2.75, 3.05) is 28.7 Å². The Kier molecular flexibility index (Phi) is 6.33. The highest BCUT2D eigenvalue weighted by Gasteiger charge is 2.33. The predicted molar refractivity (Wildman–Crippen MR) is 130 cm³/mol. The molecule has 0 spiro atoms. The fourth-order valence-corrected chi connectivity index (χ4v) is 3.23. The third kappa shape index (κ3) is 5.07. The van der Waals surface area contributed by atoms with Gasteiger partial charge in [0, 0.05) is 28.4 Å². The summed E-state index contributed by atoms with van der Waals surface area (Å²) in [5.74, 6) is 0. The molecule has 158 valence electrons. The Balaban J connectivity index is 0.000000287. The maximum atomic E-state index is 11.6. The molecule has 4 rings (SSSR count). The molecule has 0 heterocycles. The Hall–Kier alpha value is -4.16. The molecule has 0 aromatic heterocycles. The summed E-state index contributed by atoms with van der Waals surface area (Å²) >= 11 is 0. The van der Waals surface area contributed by atoms with Crippen molar-refractivity contribution in [1.29, 1.82) is 0 Å².